The zero-order chi connectivity index (χ0) is 12.1. The molecular weight excluding hydrogens is 324 g/mol. The first kappa shape index (κ1) is 12.4. The van der Waals surface area contributed by atoms with Gasteiger partial charge in [-0.2, -0.15) is 10.5 Å². The van der Waals surface area contributed by atoms with Gasteiger partial charge in [0, 0.05) is 0 Å². The summed E-state index contributed by atoms with van der Waals surface area (Å²) in [6.07, 6.45) is -0.335. The number of amides is 1. The lowest BCUT2D eigenvalue weighted by Gasteiger charge is -2.06. The van der Waals surface area contributed by atoms with E-state index in [1.807, 2.05) is 0 Å². The second-order valence-electron chi connectivity index (χ2n) is 2.78. The van der Waals surface area contributed by atoms with E-state index < -0.39 is 11.7 Å². The average molecular weight is 329 g/mol. The van der Waals surface area contributed by atoms with Crippen LogP contribution in [-0.4, -0.2) is 5.91 Å². The van der Waals surface area contributed by atoms with Crippen molar-refractivity contribution in [1.82, 2.24) is 0 Å². The van der Waals surface area contributed by atoms with Gasteiger partial charge in [0.1, 0.15) is 18.1 Å². The molecule has 16 heavy (non-hydrogen) atoms. The van der Waals surface area contributed by atoms with Crippen molar-refractivity contribution >= 4 is 34.2 Å². The van der Waals surface area contributed by atoms with Gasteiger partial charge in [-0.1, -0.05) is 0 Å². The number of carbonyl (C=O) groups is 1. The summed E-state index contributed by atoms with van der Waals surface area (Å²) in [6, 6.07) is 6.21. The third-order valence-electron chi connectivity index (χ3n) is 1.72. The van der Waals surface area contributed by atoms with Crippen LogP contribution < -0.4 is 5.32 Å². The number of carbonyl (C=O) groups excluding carboxylic acids is 1. The second kappa shape index (κ2) is 5.42. The van der Waals surface area contributed by atoms with Gasteiger partial charge >= 0.3 is 0 Å². The summed E-state index contributed by atoms with van der Waals surface area (Å²) in [6.45, 7) is 0. The molecule has 0 aliphatic carbocycles. The van der Waals surface area contributed by atoms with Crippen molar-refractivity contribution in [3.05, 3.63) is 27.1 Å². The van der Waals surface area contributed by atoms with E-state index in [0.717, 1.165) is 0 Å². The minimum Gasteiger partial charge on any atom is -0.324 e. The summed E-state index contributed by atoms with van der Waals surface area (Å²) >= 11 is 1.75. The van der Waals surface area contributed by atoms with Crippen molar-refractivity contribution in [1.29, 1.82) is 10.5 Å². The number of benzene rings is 1. The molecule has 0 heterocycles. The molecule has 1 amide bonds. The Balaban J connectivity index is 3.08. The predicted molar refractivity (Wildman–Crippen MR) is 62.7 cm³/mol. The molecular formula is C10H5FIN3O. The van der Waals surface area contributed by atoms with Crippen molar-refractivity contribution in [3.8, 4) is 12.1 Å². The fourth-order valence-corrected chi connectivity index (χ4v) is 1.48. The van der Waals surface area contributed by atoms with E-state index in [4.69, 9.17) is 10.5 Å². The van der Waals surface area contributed by atoms with Crippen LogP contribution in [0.4, 0.5) is 10.1 Å². The second-order valence-corrected chi connectivity index (χ2v) is 3.94. The lowest BCUT2D eigenvalue weighted by atomic mass is 10.2. The lowest BCUT2D eigenvalue weighted by Crippen LogP contribution is -2.12. The molecule has 1 aromatic rings. The van der Waals surface area contributed by atoms with Crippen LogP contribution in [-0.2, 0) is 4.79 Å². The highest BCUT2D eigenvalue weighted by molar-refractivity contribution is 14.1. The molecule has 1 N–H and O–H groups in total. The molecule has 0 atom stereocenters. The van der Waals surface area contributed by atoms with E-state index in [-0.39, 0.29) is 17.7 Å². The predicted octanol–water partition coefficient (Wildman–Crippen LogP) is 2.15. The van der Waals surface area contributed by atoms with Gasteiger partial charge in [0.15, 0.2) is 5.82 Å². The molecule has 0 saturated carbocycles. The van der Waals surface area contributed by atoms with Crippen LogP contribution in [0.3, 0.4) is 0 Å². The first-order valence-electron chi connectivity index (χ1n) is 4.15. The van der Waals surface area contributed by atoms with E-state index in [2.05, 4.69) is 5.32 Å². The molecule has 0 fully saturated rings. The molecule has 0 unspecified atom stereocenters. The molecule has 1 aromatic carbocycles. The first-order valence-corrected chi connectivity index (χ1v) is 5.23. The fourth-order valence-electron chi connectivity index (χ4n) is 1.03. The average Bonchev–Trinajstić information content (AvgIpc) is 2.24. The Morgan fingerprint density at radius 1 is 1.50 bits per heavy atom. The molecule has 0 aliphatic heterocycles. The maximum atomic E-state index is 13.5. The Hall–Kier alpha value is -1.67. The van der Waals surface area contributed by atoms with Crippen molar-refractivity contribution in [2.24, 2.45) is 0 Å². The number of nitrogens with one attached hydrogen (secondary N) is 1. The summed E-state index contributed by atoms with van der Waals surface area (Å²) in [5.41, 5.74) is -0.140. The van der Waals surface area contributed by atoms with Gasteiger partial charge in [0.25, 0.3) is 0 Å². The molecule has 0 spiro atoms. The lowest BCUT2D eigenvalue weighted by molar-refractivity contribution is -0.115. The highest BCUT2D eigenvalue weighted by atomic mass is 127. The number of nitriles is 2. The van der Waals surface area contributed by atoms with Crippen LogP contribution >= 0.6 is 22.6 Å². The van der Waals surface area contributed by atoms with Crippen molar-refractivity contribution < 1.29 is 9.18 Å². The maximum Gasteiger partial charge on any atom is 0.238 e. The number of anilines is 1. The van der Waals surface area contributed by atoms with E-state index >= 15 is 0 Å². The molecule has 0 saturated heterocycles. The largest absolute Gasteiger partial charge is 0.324 e. The molecule has 0 bridgehead atoms. The Kier molecular flexibility index (Phi) is 4.20. The molecule has 1 rings (SSSR count). The van der Waals surface area contributed by atoms with E-state index in [0.29, 0.717) is 3.57 Å². The quantitative estimate of drug-likeness (QED) is 0.845. The smallest absolute Gasteiger partial charge is 0.238 e. The molecule has 4 nitrogen and oxygen atoms in total. The highest BCUT2D eigenvalue weighted by Gasteiger charge is 2.13. The minimum atomic E-state index is -0.669. The maximum absolute atomic E-state index is 13.5. The summed E-state index contributed by atoms with van der Waals surface area (Å²) in [5, 5.41) is 19.3. The number of halogens is 2. The van der Waals surface area contributed by atoms with Gasteiger partial charge in [-0.15, -0.1) is 0 Å². The Bertz CT molecular complexity index is 516. The fraction of sp³-hybridized carbons (Fsp3) is 0.100. The van der Waals surface area contributed by atoms with Crippen LogP contribution in [0.2, 0.25) is 0 Å². The summed E-state index contributed by atoms with van der Waals surface area (Å²) < 4.78 is 13.8. The molecule has 80 valence electrons. The first-order chi connectivity index (χ1) is 7.60. The van der Waals surface area contributed by atoms with E-state index in [1.54, 1.807) is 34.7 Å². The molecule has 0 radical (unpaired) electrons. The number of rotatable bonds is 2. The van der Waals surface area contributed by atoms with Crippen LogP contribution in [0.15, 0.2) is 12.1 Å². The van der Waals surface area contributed by atoms with Gasteiger partial charge in [-0.05, 0) is 34.7 Å². The van der Waals surface area contributed by atoms with Crippen LogP contribution in [0.1, 0.15) is 12.0 Å². The normalized spacial score (nSPS) is 9.00. The summed E-state index contributed by atoms with van der Waals surface area (Å²) in [4.78, 5) is 11.1. The number of hydrogen-bond acceptors (Lipinski definition) is 3. The summed E-state index contributed by atoms with van der Waals surface area (Å²) in [5.74, 6) is -1.24. The standard InChI is InChI=1S/C10H5FIN3O/c11-10-6(5-14)8(2-1-7(10)12)15-9(16)3-4-13/h1-2H,3H2,(H,15,16). The minimum absolute atomic E-state index is 0.0840. The van der Waals surface area contributed by atoms with Crippen molar-refractivity contribution in [2.45, 2.75) is 6.42 Å². The zero-order valence-electron chi connectivity index (χ0n) is 7.92. The Morgan fingerprint density at radius 3 is 2.75 bits per heavy atom. The third-order valence-corrected chi connectivity index (χ3v) is 2.55. The van der Waals surface area contributed by atoms with Gasteiger partial charge in [-0.3, -0.25) is 4.79 Å². The van der Waals surface area contributed by atoms with Gasteiger partial charge in [0.2, 0.25) is 5.91 Å². The summed E-state index contributed by atoms with van der Waals surface area (Å²) in [7, 11) is 0. The third kappa shape index (κ3) is 2.67. The molecule has 0 aliphatic rings. The van der Waals surface area contributed by atoms with E-state index in [1.165, 1.54) is 12.1 Å². The van der Waals surface area contributed by atoms with Crippen molar-refractivity contribution in [2.75, 3.05) is 5.32 Å². The van der Waals surface area contributed by atoms with Gasteiger partial charge in [-0.25, -0.2) is 4.39 Å². The van der Waals surface area contributed by atoms with Crippen LogP contribution in [0, 0.1) is 32.0 Å². The van der Waals surface area contributed by atoms with Crippen LogP contribution in [0.5, 0.6) is 0 Å². The van der Waals surface area contributed by atoms with Crippen LogP contribution in [0.25, 0.3) is 0 Å². The number of nitrogens with zero attached hydrogens (tertiary/aromatic N) is 2. The Morgan fingerprint density at radius 2 is 2.19 bits per heavy atom. The SMILES string of the molecule is N#CCC(=O)Nc1ccc(I)c(F)c1C#N. The monoisotopic (exact) mass is 329 g/mol. The van der Waals surface area contributed by atoms with Gasteiger partial charge < -0.3 is 5.32 Å². The molecule has 0 aromatic heterocycles. The van der Waals surface area contributed by atoms with Crippen molar-refractivity contribution in [3.63, 3.8) is 0 Å². The highest BCUT2D eigenvalue weighted by Crippen LogP contribution is 2.22. The van der Waals surface area contributed by atoms with Gasteiger partial charge in [0.05, 0.1) is 15.3 Å². The molecule has 6 heteroatoms. The Labute approximate surface area is 105 Å². The zero-order valence-corrected chi connectivity index (χ0v) is 10.1. The number of hydrogen-bond donors (Lipinski definition) is 1. The topological polar surface area (TPSA) is 76.7 Å². The van der Waals surface area contributed by atoms with E-state index in [9.17, 15) is 9.18 Å².